The molecule has 0 bridgehead atoms. The van der Waals surface area contributed by atoms with Gasteiger partial charge in [0, 0.05) is 12.8 Å². The molecule has 12 heavy (non-hydrogen) atoms. The lowest BCUT2D eigenvalue weighted by atomic mass is 10.1. The molecule has 1 nitrogen and oxygen atoms in total. The van der Waals surface area contributed by atoms with Crippen LogP contribution in [0.25, 0.3) is 0 Å². The summed E-state index contributed by atoms with van der Waals surface area (Å²) in [5, 5.41) is 0. The van der Waals surface area contributed by atoms with Crippen molar-refractivity contribution in [2.24, 2.45) is 0 Å². The summed E-state index contributed by atoms with van der Waals surface area (Å²) in [5.74, 6) is 0. The maximum atomic E-state index is 10.1. The minimum Gasteiger partial charge on any atom is -0.303 e. The van der Waals surface area contributed by atoms with Crippen molar-refractivity contribution in [2.75, 3.05) is 6.38 Å². The van der Waals surface area contributed by atoms with Crippen LogP contribution in [0.5, 0.6) is 0 Å². The maximum Gasteiger partial charge on any atom is 0.124 e. The van der Waals surface area contributed by atoms with Crippen LogP contribution in [-0.4, -0.2) is 12.7 Å². The molecule has 1 aromatic rings. The van der Waals surface area contributed by atoms with Gasteiger partial charge in [-0.1, -0.05) is 29.8 Å². The van der Waals surface area contributed by atoms with Crippen LogP contribution in [0.1, 0.15) is 11.1 Å². The zero-order valence-electron chi connectivity index (χ0n) is 7.38. The molecule has 2 heteroatoms. The van der Waals surface area contributed by atoms with Crippen LogP contribution in [0.3, 0.4) is 0 Å². The number of benzene rings is 1. The molecule has 66 valence electrons. The largest absolute Gasteiger partial charge is 0.303 e. The average molecular weight is 185 g/mol. The summed E-state index contributed by atoms with van der Waals surface area (Å²) in [6, 6.07) is 7.98. The molecule has 0 heterocycles. The van der Waals surface area contributed by atoms with Gasteiger partial charge >= 0.3 is 0 Å². The number of halogens is 1. The predicted octanol–water partition coefficient (Wildman–Crippen LogP) is 2.59. The summed E-state index contributed by atoms with van der Waals surface area (Å²) in [6.07, 6.45) is 2.92. The molecule has 0 saturated heterocycles. The highest BCUT2D eigenvalue weighted by atomic mass is 35.5. The standard InChI is InChI=1S/C9H10O.CH3Cl/c1-8-2-4-9(5-3-8)6-7-10;1-2/h2-5,7H,6H2,1H3;1H3. The van der Waals surface area contributed by atoms with Gasteiger partial charge < -0.3 is 4.79 Å². The first-order valence-corrected chi connectivity index (χ1v) is 4.45. The summed E-state index contributed by atoms with van der Waals surface area (Å²) >= 11 is 4.64. The third-order valence-corrected chi connectivity index (χ3v) is 1.44. The molecular formula is C10H13ClO. The third-order valence-electron chi connectivity index (χ3n) is 1.44. The first-order valence-electron chi connectivity index (χ1n) is 3.70. The lowest BCUT2D eigenvalue weighted by molar-refractivity contribution is -0.107. The molecule has 0 aliphatic carbocycles. The van der Waals surface area contributed by atoms with Crippen molar-refractivity contribution in [3.63, 3.8) is 0 Å². The zero-order valence-corrected chi connectivity index (χ0v) is 8.14. The second-order valence-corrected chi connectivity index (χ2v) is 2.36. The van der Waals surface area contributed by atoms with Crippen molar-refractivity contribution >= 4 is 17.9 Å². The Morgan fingerprint density at radius 2 is 1.75 bits per heavy atom. The SMILES string of the molecule is CCl.Cc1ccc(CC=O)cc1. The molecule has 0 aromatic heterocycles. The highest BCUT2D eigenvalue weighted by Gasteiger charge is 1.88. The Morgan fingerprint density at radius 1 is 1.25 bits per heavy atom. The van der Waals surface area contributed by atoms with E-state index in [4.69, 9.17) is 0 Å². The van der Waals surface area contributed by atoms with E-state index in [0.29, 0.717) is 6.42 Å². The van der Waals surface area contributed by atoms with Gasteiger partial charge in [0.1, 0.15) is 6.29 Å². The van der Waals surface area contributed by atoms with E-state index in [1.54, 1.807) is 0 Å². The first-order chi connectivity index (χ1) is 5.83. The van der Waals surface area contributed by atoms with Crippen molar-refractivity contribution in [3.8, 4) is 0 Å². The Hall–Kier alpha value is -0.820. The summed E-state index contributed by atoms with van der Waals surface area (Å²) in [6.45, 7) is 2.03. The molecule has 1 rings (SSSR count). The van der Waals surface area contributed by atoms with Crippen LogP contribution >= 0.6 is 11.6 Å². The fourth-order valence-electron chi connectivity index (χ4n) is 0.820. The predicted molar refractivity (Wildman–Crippen MR) is 52.7 cm³/mol. The number of aldehydes is 1. The lowest BCUT2D eigenvalue weighted by Gasteiger charge is -1.93. The summed E-state index contributed by atoms with van der Waals surface area (Å²) < 4.78 is 0. The van der Waals surface area contributed by atoms with E-state index in [-0.39, 0.29) is 0 Å². The topological polar surface area (TPSA) is 17.1 Å². The van der Waals surface area contributed by atoms with Crippen molar-refractivity contribution in [3.05, 3.63) is 35.4 Å². The number of alkyl halides is 1. The van der Waals surface area contributed by atoms with Crippen molar-refractivity contribution in [1.82, 2.24) is 0 Å². The Morgan fingerprint density at radius 3 is 2.17 bits per heavy atom. The van der Waals surface area contributed by atoms with Crippen LogP contribution in [0.2, 0.25) is 0 Å². The molecule has 0 radical (unpaired) electrons. The maximum absolute atomic E-state index is 10.1. The summed E-state index contributed by atoms with van der Waals surface area (Å²) in [7, 11) is 0. The molecule has 0 unspecified atom stereocenters. The number of carbonyl (C=O) groups is 1. The van der Waals surface area contributed by atoms with Crippen molar-refractivity contribution in [1.29, 1.82) is 0 Å². The molecule has 0 saturated carbocycles. The van der Waals surface area contributed by atoms with Crippen LogP contribution < -0.4 is 0 Å². The second kappa shape index (κ2) is 6.86. The molecule has 0 atom stereocenters. The Bertz CT molecular complexity index is 216. The quantitative estimate of drug-likeness (QED) is 0.510. The van der Waals surface area contributed by atoms with Crippen molar-refractivity contribution in [2.45, 2.75) is 13.3 Å². The second-order valence-electron chi connectivity index (χ2n) is 2.36. The van der Waals surface area contributed by atoms with Gasteiger partial charge in [-0.3, -0.25) is 0 Å². The van der Waals surface area contributed by atoms with Gasteiger partial charge in [-0.25, -0.2) is 0 Å². The third kappa shape index (κ3) is 4.14. The van der Waals surface area contributed by atoms with Gasteiger partial charge in [-0.05, 0) is 12.5 Å². The fraction of sp³-hybridized carbons (Fsp3) is 0.300. The number of carbonyl (C=O) groups excluding carboxylic acids is 1. The van der Waals surface area contributed by atoms with Crippen LogP contribution in [-0.2, 0) is 11.2 Å². The van der Waals surface area contributed by atoms with Gasteiger partial charge in [0.25, 0.3) is 0 Å². The molecule has 0 fully saturated rings. The monoisotopic (exact) mass is 184 g/mol. The molecular weight excluding hydrogens is 172 g/mol. The Kier molecular flexibility index (Phi) is 6.39. The van der Waals surface area contributed by atoms with Gasteiger partial charge in [-0.15, -0.1) is 11.6 Å². The average Bonchev–Trinajstić information content (AvgIpc) is 2.13. The van der Waals surface area contributed by atoms with Gasteiger partial charge in [-0.2, -0.15) is 0 Å². The van der Waals surface area contributed by atoms with E-state index >= 15 is 0 Å². The number of aryl methyl sites for hydroxylation is 1. The van der Waals surface area contributed by atoms with Crippen LogP contribution in [0, 0.1) is 6.92 Å². The minimum atomic E-state index is 0.528. The zero-order chi connectivity index (χ0) is 9.40. The normalized spacial score (nSPS) is 8.25. The highest BCUT2D eigenvalue weighted by Crippen LogP contribution is 2.01. The number of hydrogen-bond donors (Lipinski definition) is 0. The smallest absolute Gasteiger partial charge is 0.124 e. The van der Waals surface area contributed by atoms with E-state index in [0.717, 1.165) is 11.8 Å². The van der Waals surface area contributed by atoms with Crippen LogP contribution in [0.4, 0.5) is 0 Å². The molecule has 0 N–H and O–H groups in total. The van der Waals surface area contributed by atoms with Gasteiger partial charge in [0.2, 0.25) is 0 Å². The number of rotatable bonds is 2. The van der Waals surface area contributed by atoms with Gasteiger partial charge in [0.05, 0.1) is 0 Å². The first kappa shape index (κ1) is 11.2. The molecule has 0 aliphatic heterocycles. The van der Waals surface area contributed by atoms with E-state index in [9.17, 15) is 4.79 Å². The summed E-state index contributed by atoms with van der Waals surface area (Å²) in [4.78, 5) is 10.1. The van der Waals surface area contributed by atoms with Gasteiger partial charge in [0.15, 0.2) is 0 Å². The molecule has 0 amide bonds. The Labute approximate surface area is 78.4 Å². The van der Waals surface area contributed by atoms with Crippen LogP contribution in [0.15, 0.2) is 24.3 Å². The van der Waals surface area contributed by atoms with Crippen molar-refractivity contribution < 1.29 is 4.79 Å². The molecule has 0 spiro atoms. The van der Waals surface area contributed by atoms with E-state index < -0.39 is 0 Å². The van der Waals surface area contributed by atoms with E-state index in [2.05, 4.69) is 11.6 Å². The fourth-order valence-corrected chi connectivity index (χ4v) is 0.820. The summed E-state index contributed by atoms with van der Waals surface area (Å²) in [5.41, 5.74) is 2.32. The highest BCUT2D eigenvalue weighted by molar-refractivity contribution is 6.15. The molecule has 0 aliphatic rings. The lowest BCUT2D eigenvalue weighted by Crippen LogP contribution is -1.84. The van der Waals surface area contributed by atoms with E-state index in [1.807, 2.05) is 31.2 Å². The number of hydrogen-bond acceptors (Lipinski definition) is 1. The van der Waals surface area contributed by atoms with E-state index in [1.165, 1.54) is 11.9 Å². The molecule has 1 aromatic carbocycles. The Balaban J connectivity index is 0.000000561. The minimum absolute atomic E-state index is 0.528.